The number of hydrogen-bond donors (Lipinski definition) is 1. The van der Waals surface area contributed by atoms with E-state index < -0.39 is 0 Å². The average Bonchev–Trinajstić information content (AvgIpc) is 2.81. The number of fused-ring (bicyclic) bond motifs is 1. The lowest BCUT2D eigenvalue weighted by molar-refractivity contribution is 0.171. The number of halogens is 1. The van der Waals surface area contributed by atoms with E-state index in [0.717, 1.165) is 55.5 Å². The van der Waals surface area contributed by atoms with Crippen molar-refractivity contribution in [1.82, 2.24) is 4.90 Å². The van der Waals surface area contributed by atoms with Gasteiger partial charge in [-0.2, -0.15) is 0 Å². The summed E-state index contributed by atoms with van der Waals surface area (Å²) in [7, 11) is 0. The van der Waals surface area contributed by atoms with Crippen molar-refractivity contribution in [2.75, 3.05) is 44.3 Å². The van der Waals surface area contributed by atoms with Gasteiger partial charge < -0.3 is 19.5 Å². The van der Waals surface area contributed by atoms with E-state index in [1.165, 1.54) is 11.6 Å². The van der Waals surface area contributed by atoms with Crippen molar-refractivity contribution in [2.24, 2.45) is 0 Å². The molecule has 0 radical (unpaired) electrons. The molecule has 1 unspecified atom stereocenters. The van der Waals surface area contributed by atoms with Crippen LogP contribution >= 0.6 is 0 Å². The third-order valence-corrected chi connectivity index (χ3v) is 6.21. The quantitative estimate of drug-likeness (QED) is 0.792. The van der Waals surface area contributed by atoms with Crippen molar-refractivity contribution in [2.45, 2.75) is 18.9 Å². The molecule has 1 aliphatic carbocycles. The second kappa shape index (κ2) is 8.63. The van der Waals surface area contributed by atoms with Crippen molar-refractivity contribution < 1.29 is 19.0 Å². The molecule has 5 rings (SSSR count). The van der Waals surface area contributed by atoms with Gasteiger partial charge >= 0.3 is 0 Å². The monoisotopic (exact) mass is 422 g/mol. The molecule has 1 N–H and O–H groups in total. The van der Waals surface area contributed by atoms with Crippen LogP contribution in [0.15, 0.2) is 60.5 Å². The second-order valence-corrected chi connectivity index (χ2v) is 8.25. The Hall–Kier alpha value is -2.99. The minimum atomic E-state index is -0.207. The smallest absolute Gasteiger partial charge is 0.184 e. The van der Waals surface area contributed by atoms with Gasteiger partial charge in [-0.1, -0.05) is 24.3 Å². The highest BCUT2D eigenvalue weighted by Gasteiger charge is 2.24. The van der Waals surface area contributed by atoms with Crippen LogP contribution in [0.1, 0.15) is 23.5 Å². The Morgan fingerprint density at radius 2 is 1.87 bits per heavy atom. The van der Waals surface area contributed by atoms with Gasteiger partial charge in [0.2, 0.25) is 0 Å². The number of hydrogen-bond acceptors (Lipinski definition) is 5. The molecule has 5 nitrogen and oxygen atoms in total. The fraction of sp³-hybridized carbons (Fsp3) is 0.360. The Labute approximate surface area is 182 Å². The number of ether oxygens (including phenoxy) is 2. The van der Waals surface area contributed by atoms with E-state index in [1.54, 1.807) is 12.1 Å². The van der Waals surface area contributed by atoms with Crippen LogP contribution in [0, 0.1) is 0 Å². The predicted octanol–water partition coefficient (Wildman–Crippen LogP) is 4.38. The Kier molecular flexibility index (Phi) is 5.55. The van der Waals surface area contributed by atoms with Crippen molar-refractivity contribution in [3.63, 3.8) is 0 Å². The van der Waals surface area contributed by atoms with E-state index in [4.69, 9.17) is 9.47 Å². The highest BCUT2D eigenvalue weighted by molar-refractivity contribution is 5.65. The van der Waals surface area contributed by atoms with Gasteiger partial charge in [-0.05, 0) is 42.3 Å². The Morgan fingerprint density at radius 3 is 2.68 bits per heavy atom. The molecule has 0 spiro atoms. The molecule has 1 fully saturated rings. The van der Waals surface area contributed by atoms with E-state index in [0.29, 0.717) is 19.6 Å². The summed E-state index contributed by atoms with van der Waals surface area (Å²) in [6.45, 7) is 5.73. The van der Waals surface area contributed by atoms with E-state index in [9.17, 15) is 9.50 Å². The molecule has 31 heavy (non-hydrogen) atoms. The van der Waals surface area contributed by atoms with Gasteiger partial charge in [-0.25, -0.2) is 4.39 Å². The topological polar surface area (TPSA) is 45.2 Å². The molecule has 2 heterocycles. The first-order chi connectivity index (χ1) is 15.2. The molecule has 6 heteroatoms. The van der Waals surface area contributed by atoms with Crippen LogP contribution in [0.5, 0.6) is 17.2 Å². The molecule has 2 aliphatic heterocycles. The van der Waals surface area contributed by atoms with Crippen LogP contribution < -0.4 is 14.4 Å². The number of nitrogens with zero attached hydrogens (tertiary/aromatic N) is 2. The van der Waals surface area contributed by atoms with Crippen LogP contribution in [0.2, 0.25) is 0 Å². The molecule has 0 saturated carbocycles. The van der Waals surface area contributed by atoms with Gasteiger partial charge in [0.1, 0.15) is 24.8 Å². The van der Waals surface area contributed by atoms with Gasteiger partial charge in [0, 0.05) is 44.2 Å². The molecule has 0 amide bonds. The van der Waals surface area contributed by atoms with Gasteiger partial charge in [0.15, 0.2) is 11.5 Å². The summed E-state index contributed by atoms with van der Waals surface area (Å²) in [5, 5.41) is 10.3. The van der Waals surface area contributed by atoms with Crippen molar-refractivity contribution >= 4 is 5.69 Å². The molecule has 0 bridgehead atoms. The largest absolute Gasteiger partial charge is 0.508 e. The summed E-state index contributed by atoms with van der Waals surface area (Å²) in [5.74, 6) is 1.77. The maximum Gasteiger partial charge on any atom is 0.184 e. The molecule has 162 valence electrons. The molecular formula is C25H27FN2O3. The standard InChI is InChI=1S/C25H27FN2O3/c26-20-7-5-19(6-8-20)21-16-18(4-9-23(21)29)17-27-10-12-28(13-11-27)22-2-1-3-24-25(22)31-15-14-30-24/h1-5,7-9,16,19,29H,6,10-15,17H2. The maximum atomic E-state index is 13.3. The number of phenols is 1. The molecule has 1 atom stereocenters. The van der Waals surface area contributed by atoms with Crippen LogP contribution in [-0.2, 0) is 6.54 Å². The summed E-state index contributed by atoms with van der Waals surface area (Å²) in [6, 6.07) is 11.9. The summed E-state index contributed by atoms with van der Waals surface area (Å²) in [6.07, 6.45) is 5.47. The third-order valence-electron chi connectivity index (χ3n) is 6.21. The molecule has 2 aromatic rings. The molecule has 2 aromatic carbocycles. The number of para-hydroxylation sites is 1. The lowest BCUT2D eigenvalue weighted by Gasteiger charge is -2.37. The van der Waals surface area contributed by atoms with E-state index >= 15 is 0 Å². The minimum absolute atomic E-state index is 0.0165. The normalized spacial score (nSPS) is 21.1. The van der Waals surface area contributed by atoms with Crippen molar-refractivity contribution in [3.8, 4) is 17.2 Å². The third kappa shape index (κ3) is 4.26. The summed E-state index contributed by atoms with van der Waals surface area (Å²) in [4.78, 5) is 4.79. The van der Waals surface area contributed by atoms with Crippen molar-refractivity contribution in [3.05, 3.63) is 71.6 Å². The number of phenolic OH excluding ortho intramolecular Hbond substituents is 1. The zero-order chi connectivity index (χ0) is 21.2. The zero-order valence-electron chi connectivity index (χ0n) is 17.5. The maximum absolute atomic E-state index is 13.3. The number of anilines is 1. The Morgan fingerprint density at radius 1 is 1.03 bits per heavy atom. The van der Waals surface area contributed by atoms with Crippen LogP contribution in [0.3, 0.4) is 0 Å². The van der Waals surface area contributed by atoms with Gasteiger partial charge in [0.05, 0.1) is 5.69 Å². The zero-order valence-corrected chi connectivity index (χ0v) is 17.5. The first-order valence-electron chi connectivity index (χ1n) is 10.9. The molecule has 1 saturated heterocycles. The van der Waals surface area contributed by atoms with E-state index in [2.05, 4.69) is 21.9 Å². The number of allylic oxidation sites excluding steroid dienone is 4. The summed E-state index contributed by atoms with van der Waals surface area (Å²) >= 11 is 0. The minimum Gasteiger partial charge on any atom is -0.508 e. The fourth-order valence-electron chi connectivity index (χ4n) is 4.54. The molecule has 0 aromatic heterocycles. The van der Waals surface area contributed by atoms with Gasteiger partial charge in [-0.15, -0.1) is 0 Å². The van der Waals surface area contributed by atoms with Crippen LogP contribution in [-0.4, -0.2) is 49.4 Å². The van der Waals surface area contributed by atoms with E-state index in [-0.39, 0.29) is 17.5 Å². The second-order valence-electron chi connectivity index (χ2n) is 8.25. The van der Waals surface area contributed by atoms with Crippen LogP contribution in [0.25, 0.3) is 0 Å². The SMILES string of the molecule is Oc1ccc(CN2CCN(c3cccc4c3OCCO4)CC2)cc1C1C=CC(F)=CC1. The first-order valence-corrected chi connectivity index (χ1v) is 10.9. The van der Waals surface area contributed by atoms with Crippen molar-refractivity contribution in [1.29, 1.82) is 0 Å². The van der Waals surface area contributed by atoms with Gasteiger partial charge in [-0.3, -0.25) is 4.90 Å². The Bertz CT molecular complexity index is 1010. The summed E-state index contributed by atoms with van der Waals surface area (Å²) < 4.78 is 24.9. The van der Waals surface area contributed by atoms with Crippen LogP contribution in [0.4, 0.5) is 10.1 Å². The van der Waals surface area contributed by atoms with Gasteiger partial charge in [0.25, 0.3) is 0 Å². The lowest BCUT2D eigenvalue weighted by Crippen LogP contribution is -2.46. The predicted molar refractivity (Wildman–Crippen MR) is 119 cm³/mol. The average molecular weight is 423 g/mol. The number of rotatable bonds is 4. The highest BCUT2D eigenvalue weighted by Crippen LogP contribution is 2.40. The Balaban J connectivity index is 1.23. The van der Waals surface area contributed by atoms with E-state index in [1.807, 2.05) is 24.3 Å². The number of benzene rings is 2. The number of aromatic hydroxyl groups is 1. The first kappa shape index (κ1) is 19.9. The lowest BCUT2D eigenvalue weighted by atomic mass is 9.90. The summed E-state index contributed by atoms with van der Waals surface area (Å²) in [5.41, 5.74) is 3.14. The fourth-order valence-corrected chi connectivity index (χ4v) is 4.54. The number of piperazine rings is 1. The molecule has 3 aliphatic rings. The highest BCUT2D eigenvalue weighted by atomic mass is 19.1. The molecular weight excluding hydrogens is 395 g/mol.